The van der Waals surface area contributed by atoms with Gasteiger partial charge in [0.15, 0.2) is 0 Å². The van der Waals surface area contributed by atoms with Gasteiger partial charge in [0.2, 0.25) is 0 Å². The van der Waals surface area contributed by atoms with Gasteiger partial charge in [-0.15, -0.1) is 0 Å². The molecule has 0 amide bonds. The van der Waals surface area contributed by atoms with Crippen LogP contribution < -0.4 is 5.73 Å². The lowest BCUT2D eigenvalue weighted by molar-refractivity contribution is 0.615. The Morgan fingerprint density at radius 1 is 1.05 bits per heavy atom. The van der Waals surface area contributed by atoms with E-state index in [4.69, 9.17) is 10.2 Å². The van der Waals surface area contributed by atoms with Crippen LogP contribution in [0.2, 0.25) is 0 Å². The third-order valence-corrected chi connectivity index (χ3v) is 3.37. The normalized spacial score (nSPS) is 11.0. The number of rotatable bonds is 2. The lowest BCUT2D eigenvalue weighted by Gasteiger charge is -2.08. The van der Waals surface area contributed by atoms with E-state index < -0.39 is 0 Å². The van der Waals surface area contributed by atoms with Crippen molar-refractivity contribution < 1.29 is 4.42 Å². The van der Waals surface area contributed by atoms with E-state index in [2.05, 4.69) is 9.97 Å². The number of hydrogen-bond acceptors (Lipinski definition) is 4. The maximum Gasteiger partial charge on any atom is 0.149 e. The van der Waals surface area contributed by atoms with Crippen molar-refractivity contribution in [3.05, 3.63) is 61.3 Å². The molecule has 0 aliphatic carbocycles. The van der Waals surface area contributed by atoms with Crippen molar-refractivity contribution in [1.29, 1.82) is 0 Å². The number of benzene rings is 1. The smallest absolute Gasteiger partial charge is 0.149 e. The Morgan fingerprint density at radius 2 is 2.00 bits per heavy atom. The molecule has 2 N–H and O–H groups in total. The zero-order valence-electron chi connectivity index (χ0n) is 11.1. The molecule has 4 aromatic rings. The molecule has 1 aromatic carbocycles. The Bertz CT molecular complexity index is 923. The second-order valence-electron chi connectivity index (χ2n) is 4.71. The fraction of sp³-hybridized carbons (Fsp3) is 0. The van der Waals surface area contributed by atoms with Crippen molar-refractivity contribution in [3.63, 3.8) is 0 Å². The van der Waals surface area contributed by atoms with E-state index >= 15 is 0 Å². The summed E-state index contributed by atoms with van der Waals surface area (Å²) in [7, 11) is 0. The molecule has 0 aliphatic rings. The summed E-state index contributed by atoms with van der Waals surface area (Å²) >= 11 is 0. The first-order valence-corrected chi connectivity index (χ1v) is 6.55. The van der Waals surface area contributed by atoms with Crippen molar-refractivity contribution in [1.82, 2.24) is 14.5 Å². The Balaban J connectivity index is 1.95. The molecule has 0 bridgehead atoms. The third kappa shape index (κ3) is 1.87. The summed E-state index contributed by atoms with van der Waals surface area (Å²) in [6.45, 7) is 0. The molecule has 0 saturated heterocycles. The summed E-state index contributed by atoms with van der Waals surface area (Å²) in [6.07, 6.45) is 7.02. The molecule has 0 saturated carbocycles. The van der Waals surface area contributed by atoms with Crippen molar-refractivity contribution >= 4 is 16.7 Å². The minimum atomic E-state index is 0.705. The lowest BCUT2D eigenvalue weighted by atomic mass is 10.2. The number of nitrogens with zero attached hydrogens (tertiary/aromatic N) is 3. The standard InChI is InChI=1S/C16H12N4O/c17-12-3-1-2-11(10-12)15-19-7-8-20(15)16-13-5-9-21-14(13)4-6-18-16/h1-10H,17H2. The van der Waals surface area contributed by atoms with Crippen LogP contribution >= 0.6 is 0 Å². The van der Waals surface area contributed by atoms with Gasteiger partial charge in [0.25, 0.3) is 0 Å². The highest BCUT2D eigenvalue weighted by Gasteiger charge is 2.12. The van der Waals surface area contributed by atoms with Crippen LogP contribution in [0.3, 0.4) is 0 Å². The minimum absolute atomic E-state index is 0.705. The average Bonchev–Trinajstić information content (AvgIpc) is 3.16. The summed E-state index contributed by atoms with van der Waals surface area (Å²) in [5.41, 5.74) is 8.31. The van der Waals surface area contributed by atoms with E-state index in [1.165, 1.54) is 0 Å². The van der Waals surface area contributed by atoms with Crippen LogP contribution in [0.25, 0.3) is 28.2 Å². The first-order chi connectivity index (χ1) is 10.3. The number of hydrogen-bond donors (Lipinski definition) is 1. The van der Waals surface area contributed by atoms with E-state index in [1.807, 2.05) is 47.2 Å². The molecule has 3 heterocycles. The molecular weight excluding hydrogens is 264 g/mol. The summed E-state index contributed by atoms with van der Waals surface area (Å²) in [5.74, 6) is 1.58. The van der Waals surface area contributed by atoms with Gasteiger partial charge < -0.3 is 10.2 Å². The second kappa shape index (κ2) is 4.49. The van der Waals surface area contributed by atoms with E-state index in [0.717, 1.165) is 28.2 Å². The van der Waals surface area contributed by atoms with Crippen LogP contribution in [-0.2, 0) is 0 Å². The number of anilines is 1. The summed E-state index contributed by atoms with van der Waals surface area (Å²) in [5, 5.41) is 0.945. The van der Waals surface area contributed by atoms with Crippen LogP contribution in [-0.4, -0.2) is 14.5 Å². The molecule has 0 unspecified atom stereocenters. The topological polar surface area (TPSA) is 69.9 Å². The number of furan rings is 1. The summed E-state index contributed by atoms with van der Waals surface area (Å²) < 4.78 is 7.36. The van der Waals surface area contributed by atoms with Gasteiger partial charge >= 0.3 is 0 Å². The van der Waals surface area contributed by atoms with Gasteiger partial charge in [0, 0.05) is 29.8 Å². The molecule has 0 fully saturated rings. The molecule has 0 atom stereocenters. The Hall–Kier alpha value is -3.08. The molecule has 5 nitrogen and oxygen atoms in total. The molecule has 21 heavy (non-hydrogen) atoms. The number of pyridine rings is 1. The van der Waals surface area contributed by atoms with Gasteiger partial charge in [0.05, 0.1) is 11.6 Å². The number of imidazole rings is 1. The Morgan fingerprint density at radius 3 is 2.90 bits per heavy atom. The van der Waals surface area contributed by atoms with Gasteiger partial charge in [-0.25, -0.2) is 9.97 Å². The molecule has 5 heteroatoms. The number of fused-ring (bicyclic) bond motifs is 1. The van der Waals surface area contributed by atoms with Crippen molar-refractivity contribution in [2.45, 2.75) is 0 Å². The third-order valence-electron chi connectivity index (χ3n) is 3.37. The molecule has 0 aliphatic heterocycles. The maximum atomic E-state index is 5.86. The van der Waals surface area contributed by atoms with Crippen molar-refractivity contribution in [2.75, 3.05) is 5.73 Å². The molecular formula is C16H12N4O. The van der Waals surface area contributed by atoms with Crippen LogP contribution in [0.4, 0.5) is 5.69 Å². The predicted octanol–water partition coefficient (Wildman–Crippen LogP) is 3.26. The van der Waals surface area contributed by atoms with E-state index in [9.17, 15) is 0 Å². The number of nitrogens with two attached hydrogens (primary N) is 1. The SMILES string of the molecule is Nc1cccc(-c2nccn2-c2nccc3occc23)c1. The second-order valence-corrected chi connectivity index (χ2v) is 4.71. The fourth-order valence-corrected chi connectivity index (χ4v) is 2.44. The van der Waals surface area contributed by atoms with Crippen LogP contribution in [0.5, 0.6) is 0 Å². The van der Waals surface area contributed by atoms with E-state index in [0.29, 0.717) is 5.69 Å². The quantitative estimate of drug-likeness (QED) is 0.570. The molecule has 102 valence electrons. The molecule has 4 rings (SSSR count). The molecule has 0 spiro atoms. The summed E-state index contributed by atoms with van der Waals surface area (Å²) in [6, 6.07) is 11.4. The van der Waals surface area contributed by atoms with Gasteiger partial charge in [-0.3, -0.25) is 4.57 Å². The zero-order valence-corrected chi connectivity index (χ0v) is 11.1. The highest BCUT2D eigenvalue weighted by Crippen LogP contribution is 2.26. The first kappa shape index (κ1) is 11.7. The largest absolute Gasteiger partial charge is 0.464 e. The highest BCUT2D eigenvalue weighted by atomic mass is 16.3. The van der Waals surface area contributed by atoms with Gasteiger partial charge in [-0.1, -0.05) is 12.1 Å². The number of aromatic nitrogens is 3. The molecule has 0 radical (unpaired) electrons. The average molecular weight is 276 g/mol. The Labute approximate surface area is 120 Å². The van der Waals surface area contributed by atoms with Gasteiger partial charge in [-0.2, -0.15) is 0 Å². The molecule has 3 aromatic heterocycles. The predicted molar refractivity (Wildman–Crippen MR) is 81.0 cm³/mol. The first-order valence-electron chi connectivity index (χ1n) is 6.55. The van der Waals surface area contributed by atoms with Gasteiger partial charge in [-0.05, 0) is 24.3 Å². The summed E-state index contributed by atoms with van der Waals surface area (Å²) in [4.78, 5) is 8.89. The van der Waals surface area contributed by atoms with Gasteiger partial charge in [0.1, 0.15) is 17.2 Å². The van der Waals surface area contributed by atoms with Crippen LogP contribution in [0, 0.1) is 0 Å². The maximum absolute atomic E-state index is 5.86. The van der Waals surface area contributed by atoms with Crippen LogP contribution in [0.15, 0.2) is 65.7 Å². The van der Waals surface area contributed by atoms with E-state index in [-0.39, 0.29) is 0 Å². The van der Waals surface area contributed by atoms with Crippen LogP contribution in [0.1, 0.15) is 0 Å². The number of nitrogen functional groups attached to an aromatic ring is 1. The van der Waals surface area contributed by atoms with Crippen molar-refractivity contribution in [2.24, 2.45) is 0 Å². The zero-order chi connectivity index (χ0) is 14.2. The lowest BCUT2D eigenvalue weighted by Crippen LogP contribution is -1.99. The Kier molecular flexibility index (Phi) is 2.50. The van der Waals surface area contributed by atoms with E-state index in [1.54, 1.807) is 18.7 Å². The fourth-order valence-electron chi connectivity index (χ4n) is 2.44. The minimum Gasteiger partial charge on any atom is -0.464 e. The monoisotopic (exact) mass is 276 g/mol. The highest BCUT2D eigenvalue weighted by molar-refractivity contribution is 5.84. The van der Waals surface area contributed by atoms with Crippen molar-refractivity contribution in [3.8, 4) is 17.2 Å².